The van der Waals surface area contributed by atoms with Gasteiger partial charge >= 0.3 is 0 Å². The molecule has 4 heteroatoms. The number of hydrogen-bond acceptors (Lipinski definition) is 3. The smallest absolute Gasteiger partial charge is 0.226 e. The quantitative estimate of drug-likeness (QED) is 0.530. The van der Waals surface area contributed by atoms with Crippen LogP contribution in [0, 0.1) is 17.8 Å². The van der Waals surface area contributed by atoms with E-state index >= 15 is 0 Å². The van der Waals surface area contributed by atoms with Crippen LogP contribution in [0.1, 0.15) is 89.9 Å². The lowest BCUT2D eigenvalue weighted by Gasteiger charge is -2.71. The first-order valence-corrected chi connectivity index (χ1v) is 15.3. The fourth-order valence-corrected chi connectivity index (χ4v) is 10.9. The van der Waals surface area contributed by atoms with Gasteiger partial charge in [0.05, 0.1) is 12.1 Å². The summed E-state index contributed by atoms with van der Waals surface area (Å²) in [6.07, 6.45) is 18.5. The van der Waals surface area contributed by atoms with E-state index in [1.807, 2.05) is 0 Å². The minimum absolute atomic E-state index is 0.340. The number of rotatable bonds is 1. The van der Waals surface area contributed by atoms with Crippen molar-refractivity contribution < 1.29 is 4.79 Å². The highest BCUT2D eigenvalue weighted by atomic mass is 16.2. The van der Waals surface area contributed by atoms with E-state index in [1.165, 1.54) is 95.6 Å². The molecule has 0 bridgehead atoms. The molecule has 4 nitrogen and oxygen atoms in total. The first-order valence-electron chi connectivity index (χ1n) is 15.3. The summed E-state index contributed by atoms with van der Waals surface area (Å²) in [6, 6.07) is 15.4. The highest BCUT2D eigenvalue weighted by Crippen LogP contribution is 2.56. The second-order valence-electron chi connectivity index (χ2n) is 13.1. The van der Waals surface area contributed by atoms with Crippen LogP contribution >= 0.6 is 0 Å². The molecule has 0 aromatic heterocycles. The number of fused-ring (bicyclic) bond motifs is 6. The Kier molecular flexibility index (Phi) is 5.06. The third kappa shape index (κ3) is 2.98. The fraction of sp³-hybridized carbons (Fsp3) is 0.774. The van der Waals surface area contributed by atoms with Gasteiger partial charge in [-0.05, 0) is 81.8 Å². The average molecular weight is 474 g/mol. The van der Waals surface area contributed by atoms with Gasteiger partial charge in [0, 0.05) is 41.8 Å². The van der Waals surface area contributed by atoms with Crippen LogP contribution < -0.4 is 4.90 Å². The van der Waals surface area contributed by atoms with Crippen LogP contribution in [0.5, 0.6) is 0 Å². The molecule has 0 spiro atoms. The number of amides is 1. The van der Waals surface area contributed by atoms with Crippen LogP contribution in [-0.4, -0.2) is 58.0 Å². The standard InChI is InChI=1S/C31H43N3O/c35-31-23-13-5-4-12-21(23)22-14-8-17-26-29(22)34(31)28-19-9-18-27-30(28)33(26)25-16-7-6-15-24(25)32(27)20-10-2-1-3-11-20/h1-3,10-11,21-30H,4-9,12-19H2. The summed E-state index contributed by atoms with van der Waals surface area (Å²) in [5, 5.41) is 0. The Hall–Kier alpha value is -1.55. The Balaban J connectivity index is 1.26. The number of hydrogen-bond donors (Lipinski definition) is 0. The van der Waals surface area contributed by atoms with Crippen molar-refractivity contribution in [3.05, 3.63) is 30.3 Å². The molecule has 1 aromatic rings. The minimum atomic E-state index is 0.340. The number of carbonyl (C=O) groups is 1. The number of benzene rings is 1. The Bertz CT molecular complexity index is 965. The average Bonchev–Trinajstić information content (AvgIpc) is 2.92. The van der Waals surface area contributed by atoms with Gasteiger partial charge in [0.15, 0.2) is 0 Å². The van der Waals surface area contributed by atoms with Gasteiger partial charge in [0.1, 0.15) is 0 Å². The first-order chi connectivity index (χ1) is 17.3. The normalized spacial score (nSPS) is 46.8. The lowest BCUT2D eigenvalue weighted by Crippen LogP contribution is -2.84. The van der Waals surface area contributed by atoms with Crippen molar-refractivity contribution in [2.45, 2.75) is 132 Å². The Morgan fingerprint density at radius 1 is 0.543 bits per heavy atom. The predicted molar refractivity (Wildman–Crippen MR) is 139 cm³/mol. The lowest BCUT2D eigenvalue weighted by molar-refractivity contribution is -0.199. The van der Waals surface area contributed by atoms with E-state index in [4.69, 9.17) is 0 Å². The summed E-state index contributed by atoms with van der Waals surface area (Å²) >= 11 is 0. The molecule has 7 aliphatic rings. The molecule has 35 heavy (non-hydrogen) atoms. The van der Waals surface area contributed by atoms with Crippen LogP contribution in [-0.2, 0) is 4.79 Å². The molecule has 1 aromatic carbocycles. The van der Waals surface area contributed by atoms with Crippen LogP contribution in [0.15, 0.2) is 30.3 Å². The van der Waals surface area contributed by atoms with Gasteiger partial charge in [0.25, 0.3) is 0 Å². The van der Waals surface area contributed by atoms with Crippen molar-refractivity contribution in [2.75, 3.05) is 4.90 Å². The van der Waals surface area contributed by atoms with Gasteiger partial charge < -0.3 is 9.80 Å². The molecular formula is C31H43N3O. The van der Waals surface area contributed by atoms with Crippen molar-refractivity contribution in [1.29, 1.82) is 0 Å². The molecule has 4 saturated carbocycles. The zero-order valence-electron chi connectivity index (χ0n) is 21.3. The van der Waals surface area contributed by atoms with Crippen LogP contribution in [0.25, 0.3) is 0 Å². The first kappa shape index (κ1) is 21.5. The van der Waals surface area contributed by atoms with E-state index in [9.17, 15) is 4.79 Å². The largest absolute Gasteiger partial charge is 0.362 e. The number of anilines is 1. The molecule has 3 aliphatic heterocycles. The van der Waals surface area contributed by atoms with Gasteiger partial charge in [-0.2, -0.15) is 0 Å². The van der Waals surface area contributed by atoms with Gasteiger partial charge in [-0.3, -0.25) is 9.69 Å². The Labute approximate surface area is 211 Å². The summed E-state index contributed by atoms with van der Waals surface area (Å²) in [5.41, 5.74) is 1.44. The Morgan fingerprint density at radius 2 is 1.17 bits per heavy atom. The van der Waals surface area contributed by atoms with Crippen molar-refractivity contribution in [3.63, 3.8) is 0 Å². The van der Waals surface area contributed by atoms with E-state index in [2.05, 4.69) is 45.0 Å². The lowest BCUT2D eigenvalue weighted by atomic mass is 9.58. The molecule has 3 saturated heterocycles. The molecule has 188 valence electrons. The number of carbonyl (C=O) groups excluding carboxylic acids is 1. The highest BCUT2D eigenvalue weighted by Gasteiger charge is 2.65. The summed E-state index contributed by atoms with van der Waals surface area (Å²) in [5.74, 6) is 2.38. The molecular weight excluding hydrogens is 430 g/mol. The van der Waals surface area contributed by atoms with Crippen molar-refractivity contribution in [1.82, 2.24) is 9.80 Å². The summed E-state index contributed by atoms with van der Waals surface area (Å²) < 4.78 is 0. The fourth-order valence-electron chi connectivity index (χ4n) is 10.9. The highest BCUT2D eigenvalue weighted by molar-refractivity contribution is 5.81. The van der Waals surface area contributed by atoms with E-state index in [-0.39, 0.29) is 0 Å². The number of piperidine rings is 1. The van der Waals surface area contributed by atoms with E-state index in [0.29, 0.717) is 60.0 Å². The van der Waals surface area contributed by atoms with Gasteiger partial charge in [-0.15, -0.1) is 0 Å². The van der Waals surface area contributed by atoms with Gasteiger partial charge in [0.2, 0.25) is 5.91 Å². The summed E-state index contributed by atoms with van der Waals surface area (Å²) in [6.45, 7) is 0. The molecule has 0 radical (unpaired) electrons. The molecule has 0 N–H and O–H groups in total. The number of nitrogens with zero attached hydrogens (tertiary/aromatic N) is 3. The maximum absolute atomic E-state index is 14.3. The van der Waals surface area contributed by atoms with Crippen molar-refractivity contribution >= 4 is 11.6 Å². The van der Waals surface area contributed by atoms with Gasteiger partial charge in [-0.25, -0.2) is 0 Å². The molecule has 10 unspecified atom stereocenters. The maximum Gasteiger partial charge on any atom is 0.226 e. The Morgan fingerprint density at radius 3 is 2.03 bits per heavy atom. The van der Waals surface area contributed by atoms with Gasteiger partial charge in [-0.1, -0.05) is 50.3 Å². The number of para-hydroxylation sites is 1. The molecule has 4 aliphatic carbocycles. The maximum atomic E-state index is 14.3. The van der Waals surface area contributed by atoms with E-state index < -0.39 is 0 Å². The topological polar surface area (TPSA) is 26.8 Å². The van der Waals surface area contributed by atoms with Crippen LogP contribution in [0.2, 0.25) is 0 Å². The zero-order valence-corrected chi connectivity index (χ0v) is 21.3. The molecule has 1 amide bonds. The summed E-state index contributed by atoms with van der Waals surface area (Å²) in [4.78, 5) is 23.0. The zero-order chi connectivity index (χ0) is 23.1. The third-order valence-electron chi connectivity index (χ3n) is 11.9. The molecule has 7 fully saturated rings. The SMILES string of the molecule is O=C1C2CCCCC2C2CCCC3C2N1C1CCCC2C1N3C1CCCCC1N2c1ccccc1. The van der Waals surface area contributed by atoms with Crippen molar-refractivity contribution in [3.8, 4) is 0 Å². The van der Waals surface area contributed by atoms with E-state index in [0.717, 1.165) is 5.92 Å². The van der Waals surface area contributed by atoms with Crippen LogP contribution in [0.3, 0.4) is 0 Å². The minimum Gasteiger partial charge on any atom is -0.362 e. The second-order valence-corrected chi connectivity index (χ2v) is 13.1. The monoisotopic (exact) mass is 473 g/mol. The van der Waals surface area contributed by atoms with E-state index in [1.54, 1.807) is 0 Å². The molecule has 10 atom stereocenters. The van der Waals surface area contributed by atoms with Crippen LogP contribution in [0.4, 0.5) is 5.69 Å². The number of piperazine rings is 2. The summed E-state index contributed by atoms with van der Waals surface area (Å²) in [7, 11) is 0. The van der Waals surface area contributed by atoms with Crippen molar-refractivity contribution in [2.24, 2.45) is 17.8 Å². The molecule has 8 rings (SSSR count). The third-order valence-corrected chi connectivity index (χ3v) is 11.9. The second kappa shape index (κ2) is 8.23. The molecule has 3 heterocycles. The predicted octanol–water partition coefficient (Wildman–Crippen LogP) is 5.61.